The molecule has 0 amide bonds. The van der Waals surface area contributed by atoms with Gasteiger partial charge in [-0.15, -0.1) is 0 Å². The van der Waals surface area contributed by atoms with Gasteiger partial charge in [0, 0.05) is 68.8 Å². The van der Waals surface area contributed by atoms with Gasteiger partial charge in [-0.25, -0.2) is 15.0 Å². The number of nitrogens with zero attached hydrogens (tertiary/aromatic N) is 12. The van der Waals surface area contributed by atoms with E-state index >= 15 is 0 Å². The van der Waals surface area contributed by atoms with Crippen molar-refractivity contribution in [1.29, 1.82) is 0 Å². The summed E-state index contributed by atoms with van der Waals surface area (Å²) in [4.78, 5) is 24.7. The molecule has 6 N–H and O–H groups in total. The number of fused-ring (bicyclic) bond motifs is 6. The van der Waals surface area contributed by atoms with E-state index in [0.29, 0.717) is 0 Å². The van der Waals surface area contributed by atoms with Crippen LogP contribution < -0.4 is 0 Å². The zero-order valence-corrected chi connectivity index (χ0v) is 33.8. The van der Waals surface area contributed by atoms with E-state index in [1.54, 1.807) is 55.8 Å². The van der Waals surface area contributed by atoms with Crippen molar-refractivity contribution in [3.05, 3.63) is 145 Å². The van der Waals surface area contributed by atoms with Crippen LogP contribution in [-0.2, 0) is 0 Å². The fourth-order valence-electron chi connectivity index (χ4n) is 5.82. The van der Waals surface area contributed by atoms with Crippen molar-refractivity contribution in [2.45, 2.75) is 41.5 Å². The predicted molar refractivity (Wildman–Crippen MR) is 232 cm³/mol. The molecule has 0 atom stereocenters. The van der Waals surface area contributed by atoms with Crippen LogP contribution in [0.3, 0.4) is 0 Å². The fraction of sp³-hybridized carbons (Fsp3) is 0.143. The summed E-state index contributed by atoms with van der Waals surface area (Å²) >= 11 is 0. The normalized spacial score (nSPS) is 10.5. The third kappa shape index (κ3) is 9.98. The van der Waals surface area contributed by atoms with Crippen molar-refractivity contribution >= 4 is 65.8 Å². The summed E-state index contributed by atoms with van der Waals surface area (Å²) in [5.41, 5.74) is 13.3. The first kappa shape index (κ1) is 39.9. The van der Waals surface area contributed by atoms with E-state index in [-0.39, 0.29) is 0 Å². The molecule has 0 radical (unpaired) electrons. The smallest absolute Gasteiger partial charge is 0.155 e. The molecule has 0 unspecified atom stereocenters. The lowest BCUT2D eigenvalue weighted by Gasteiger charge is -1.89. The van der Waals surface area contributed by atoms with E-state index < -0.39 is 0 Å². The molecule has 0 aliphatic heterocycles. The molecule has 0 fully saturated rings. The van der Waals surface area contributed by atoms with Crippen LogP contribution in [0.4, 0.5) is 0 Å². The molecule has 0 saturated carbocycles. The second kappa shape index (κ2) is 18.8. The first-order valence-corrected chi connectivity index (χ1v) is 18.7. The Kier molecular flexibility index (Phi) is 12.5. The molecule has 12 heterocycles. The maximum absolute atomic E-state index is 4.24. The van der Waals surface area contributed by atoms with E-state index in [1.165, 1.54) is 5.56 Å². The molecule has 0 spiro atoms. The zero-order chi connectivity index (χ0) is 41.8. The van der Waals surface area contributed by atoms with Gasteiger partial charge >= 0.3 is 0 Å². The molecule has 0 bridgehead atoms. The number of aromatic amines is 6. The van der Waals surface area contributed by atoms with Crippen LogP contribution in [0, 0.1) is 41.5 Å². The Morgan fingerprint density at radius 3 is 1.92 bits per heavy atom. The van der Waals surface area contributed by atoms with Gasteiger partial charge in [0.15, 0.2) is 11.3 Å². The summed E-state index contributed by atoms with van der Waals surface area (Å²) < 4.78 is 0. The topological polar surface area (TPSA) is 249 Å². The van der Waals surface area contributed by atoms with Crippen molar-refractivity contribution in [2.24, 2.45) is 0 Å². The van der Waals surface area contributed by atoms with Crippen LogP contribution in [0.5, 0.6) is 0 Å². The number of rotatable bonds is 0. The number of hydrogen-bond donors (Lipinski definition) is 6. The SMILES string of the molecule is Cc1cc2cn[nH]c2cn1.Cc1ccc2[nH]ncc2n1.Cc1ccnc2[nH]ncc12.Cc1cnc2[nH]ncc2c1.Cc1cncc2[nH]ncc12.Cc1nccc2[nH]ncc12. The summed E-state index contributed by atoms with van der Waals surface area (Å²) in [7, 11) is 0. The average molecular weight is 799 g/mol. The van der Waals surface area contributed by atoms with E-state index in [2.05, 4.69) is 91.1 Å². The van der Waals surface area contributed by atoms with Crippen LogP contribution in [0.25, 0.3) is 65.8 Å². The molecule has 12 aromatic rings. The van der Waals surface area contributed by atoms with Crippen LogP contribution in [0.15, 0.2) is 111 Å². The number of aromatic nitrogens is 18. The quantitative estimate of drug-likeness (QED) is 0.0868. The lowest BCUT2D eigenvalue weighted by atomic mass is 10.2. The minimum absolute atomic E-state index is 0.852. The summed E-state index contributed by atoms with van der Waals surface area (Å²) in [6.07, 6.45) is 21.4. The summed E-state index contributed by atoms with van der Waals surface area (Å²) in [6, 6.07) is 11.9. The van der Waals surface area contributed by atoms with Crippen molar-refractivity contribution in [3.63, 3.8) is 0 Å². The van der Waals surface area contributed by atoms with Gasteiger partial charge in [-0.05, 0) is 94.6 Å². The Morgan fingerprint density at radius 2 is 1.08 bits per heavy atom. The van der Waals surface area contributed by atoms with E-state index in [1.807, 2.05) is 96.5 Å². The highest BCUT2D eigenvalue weighted by molar-refractivity contribution is 5.81. The molecule has 0 aliphatic rings. The molecule has 18 heteroatoms. The van der Waals surface area contributed by atoms with E-state index in [9.17, 15) is 0 Å². The lowest BCUT2D eigenvalue weighted by Crippen LogP contribution is -1.78. The van der Waals surface area contributed by atoms with Gasteiger partial charge in [-0.3, -0.25) is 45.5 Å². The largest absolute Gasteiger partial charge is 0.278 e. The van der Waals surface area contributed by atoms with Crippen molar-refractivity contribution < 1.29 is 0 Å². The van der Waals surface area contributed by atoms with Crippen molar-refractivity contribution in [1.82, 2.24) is 91.1 Å². The molecular weight excluding hydrogens is 757 g/mol. The lowest BCUT2D eigenvalue weighted by molar-refractivity contribution is 1.10. The average Bonchev–Trinajstić information content (AvgIpc) is 4.10. The molecule has 12 aromatic heterocycles. The number of aryl methyl sites for hydroxylation is 6. The summed E-state index contributed by atoms with van der Waals surface area (Å²) in [5, 5.41) is 45.8. The maximum atomic E-state index is 4.24. The van der Waals surface area contributed by atoms with E-state index in [0.717, 1.165) is 94.0 Å². The van der Waals surface area contributed by atoms with E-state index in [4.69, 9.17) is 0 Å². The van der Waals surface area contributed by atoms with Crippen LogP contribution in [0.1, 0.15) is 33.8 Å². The second-order valence-electron chi connectivity index (χ2n) is 13.6. The molecule has 0 aromatic carbocycles. The van der Waals surface area contributed by atoms with Crippen LogP contribution in [0.2, 0.25) is 0 Å². The van der Waals surface area contributed by atoms with Gasteiger partial charge in [0.05, 0.1) is 71.6 Å². The number of H-pyrrole nitrogens is 6. The number of nitrogens with one attached hydrogen (secondary N) is 6. The molecule has 60 heavy (non-hydrogen) atoms. The van der Waals surface area contributed by atoms with Crippen LogP contribution >= 0.6 is 0 Å². The molecular formula is C42H42N18. The second-order valence-corrected chi connectivity index (χ2v) is 13.6. The number of hydrogen-bond acceptors (Lipinski definition) is 12. The Labute approximate surface area is 342 Å². The Hall–Kier alpha value is -8.28. The van der Waals surface area contributed by atoms with Gasteiger partial charge in [0.2, 0.25) is 0 Å². The highest BCUT2D eigenvalue weighted by Gasteiger charge is 1.99. The molecule has 0 saturated heterocycles. The molecule has 0 aliphatic carbocycles. The predicted octanol–water partition coefficient (Wildman–Crippen LogP) is 7.60. The standard InChI is InChI=1S/6C7H7N3/c1-5-2-8-4-7-6(5)3-9-10-7;1-5-2-6-3-9-10-7(6)4-8-5;1-5-2-6-4-9-10-7(6)8-3-5;1-5-6-4-9-10-7(6)2-3-8-5;1-5-2-3-8-7-6(5)4-9-10-7;1-5-2-3-6-7(9-5)4-8-10-6/h2*2-4H,1H3,(H,9,10);2-4H,1H3,(H,8,9,10);2-4H,1H3,(H,9,10);2-4H,1H3,(H,8,9,10);2-4H,1H3,(H,8,10). The van der Waals surface area contributed by atoms with Crippen molar-refractivity contribution in [3.8, 4) is 0 Å². The molecule has 18 nitrogen and oxygen atoms in total. The minimum Gasteiger partial charge on any atom is -0.278 e. The monoisotopic (exact) mass is 798 g/mol. The third-order valence-corrected chi connectivity index (χ3v) is 9.03. The highest BCUT2D eigenvalue weighted by Crippen LogP contribution is 2.14. The van der Waals surface area contributed by atoms with Gasteiger partial charge in [0.25, 0.3) is 0 Å². The van der Waals surface area contributed by atoms with Crippen LogP contribution in [-0.4, -0.2) is 91.1 Å². The Morgan fingerprint density at radius 1 is 0.400 bits per heavy atom. The Balaban J connectivity index is 0.000000109. The number of pyridine rings is 6. The molecule has 300 valence electrons. The first-order chi connectivity index (χ1) is 29.2. The van der Waals surface area contributed by atoms with Gasteiger partial charge in [0.1, 0.15) is 5.52 Å². The van der Waals surface area contributed by atoms with Gasteiger partial charge < -0.3 is 0 Å². The van der Waals surface area contributed by atoms with Gasteiger partial charge in [-0.1, -0.05) is 0 Å². The van der Waals surface area contributed by atoms with Crippen molar-refractivity contribution in [2.75, 3.05) is 0 Å². The first-order valence-electron chi connectivity index (χ1n) is 18.7. The zero-order valence-electron chi connectivity index (χ0n) is 33.8. The summed E-state index contributed by atoms with van der Waals surface area (Å²) in [5.74, 6) is 0. The highest BCUT2D eigenvalue weighted by atomic mass is 15.1. The fourth-order valence-corrected chi connectivity index (χ4v) is 5.82. The Bertz CT molecular complexity index is 2870. The van der Waals surface area contributed by atoms with Gasteiger partial charge in [-0.2, -0.15) is 30.6 Å². The minimum atomic E-state index is 0.852. The molecule has 12 rings (SSSR count). The maximum Gasteiger partial charge on any atom is 0.155 e. The summed E-state index contributed by atoms with van der Waals surface area (Å²) in [6.45, 7) is 12.0. The third-order valence-electron chi connectivity index (χ3n) is 9.03.